The van der Waals surface area contributed by atoms with E-state index in [-0.39, 0.29) is 31.1 Å². The topological polar surface area (TPSA) is 132 Å². The van der Waals surface area contributed by atoms with E-state index in [1.54, 1.807) is 0 Å². The molecule has 1 aliphatic carbocycles. The predicted molar refractivity (Wildman–Crippen MR) is 145 cm³/mol. The van der Waals surface area contributed by atoms with Crippen LogP contribution in [0.4, 0.5) is 9.59 Å². The van der Waals surface area contributed by atoms with Crippen LogP contribution in [0.3, 0.4) is 0 Å². The molecule has 3 aliphatic heterocycles. The number of carboxylic acid groups (broad SMARTS) is 1. The number of piperidine rings is 2. The Morgan fingerprint density at radius 3 is 2.40 bits per heavy atom. The molecule has 0 aromatic heterocycles. The first kappa shape index (κ1) is 28.2. The smallest absolute Gasteiger partial charge is 0.408 e. The molecular formula is C29H41N5O6. The van der Waals surface area contributed by atoms with Crippen LogP contribution >= 0.6 is 0 Å². The lowest BCUT2D eigenvalue weighted by Crippen LogP contribution is -2.71. The van der Waals surface area contributed by atoms with Crippen molar-refractivity contribution in [1.29, 1.82) is 0 Å². The standard InChI is InChI=1S/C29H41N5O6/c1-28(2,3)29(16-21(15-19-9-10-19)13-14-33(29)27(38)39)25(36)31-30-24(35)23-12-11-22-17-32(23)26(37)34(22)40-18-20-7-5-4-6-8-20/h4-8,19,21-23H,9-18H2,1-3H3,(H,30,35)(H,31,36)(H,38,39)/t21-,22+,23-,29+/m0/s1. The number of fused-ring (bicyclic) bond motifs is 2. The van der Waals surface area contributed by atoms with E-state index in [4.69, 9.17) is 4.84 Å². The van der Waals surface area contributed by atoms with Gasteiger partial charge in [0.15, 0.2) is 0 Å². The Hall–Kier alpha value is -3.34. The summed E-state index contributed by atoms with van der Waals surface area (Å²) in [5.74, 6) is -0.138. The molecule has 4 aliphatic rings. The quantitative estimate of drug-likeness (QED) is 0.441. The van der Waals surface area contributed by atoms with Gasteiger partial charge in [-0.1, -0.05) is 63.9 Å². The second-order valence-electron chi connectivity index (χ2n) is 12.8. The summed E-state index contributed by atoms with van der Waals surface area (Å²) in [5.41, 5.74) is 3.99. The maximum atomic E-state index is 13.9. The SMILES string of the molecule is CC(C)(C)[C@]1(C(=O)NNC(=O)[C@@H]2CC[C@@H]3CN2C(=O)N3OCc2ccccc2)C[C@H](CC2CC2)CCN1C(=O)O. The van der Waals surface area contributed by atoms with E-state index in [1.165, 1.54) is 27.7 Å². The number of nitrogens with zero attached hydrogens (tertiary/aromatic N) is 3. The molecule has 218 valence electrons. The molecule has 11 heteroatoms. The molecule has 1 saturated carbocycles. The van der Waals surface area contributed by atoms with Gasteiger partial charge >= 0.3 is 12.1 Å². The normalized spacial score (nSPS) is 28.4. The number of hydrogen-bond acceptors (Lipinski definition) is 5. The molecule has 40 heavy (non-hydrogen) atoms. The van der Waals surface area contributed by atoms with Gasteiger partial charge in [-0.05, 0) is 54.9 Å². The van der Waals surface area contributed by atoms with Gasteiger partial charge in [0.1, 0.15) is 18.2 Å². The van der Waals surface area contributed by atoms with Crippen LogP contribution in [0.15, 0.2) is 30.3 Å². The van der Waals surface area contributed by atoms with Crippen LogP contribution in [0.5, 0.6) is 0 Å². The summed E-state index contributed by atoms with van der Waals surface area (Å²) in [6.45, 7) is 6.51. The highest BCUT2D eigenvalue weighted by molar-refractivity contribution is 5.94. The van der Waals surface area contributed by atoms with E-state index in [2.05, 4.69) is 10.9 Å². The number of nitrogens with one attached hydrogen (secondary N) is 2. The summed E-state index contributed by atoms with van der Waals surface area (Å²) < 4.78 is 0. The van der Waals surface area contributed by atoms with Gasteiger partial charge in [-0.2, -0.15) is 5.06 Å². The van der Waals surface area contributed by atoms with Crippen LogP contribution in [0.1, 0.15) is 71.3 Å². The van der Waals surface area contributed by atoms with Gasteiger partial charge in [0.05, 0.1) is 6.04 Å². The monoisotopic (exact) mass is 555 g/mol. The van der Waals surface area contributed by atoms with Gasteiger partial charge in [0.2, 0.25) is 0 Å². The fraction of sp³-hybridized carbons (Fsp3) is 0.655. The van der Waals surface area contributed by atoms with Crippen LogP contribution in [0.2, 0.25) is 0 Å². The first-order chi connectivity index (χ1) is 19.0. The molecule has 1 aromatic carbocycles. The molecule has 3 N–H and O–H groups in total. The van der Waals surface area contributed by atoms with Crippen LogP contribution in [0, 0.1) is 17.3 Å². The Balaban J connectivity index is 1.24. The van der Waals surface area contributed by atoms with E-state index in [0.717, 1.165) is 18.4 Å². The van der Waals surface area contributed by atoms with Gasteiger partial charge in [0, 0.05) is 13.1 Å². The van der Waals surface area contributed by atoms with Crippen molar-refractivity contribution in [3.05, 3.63) is 35.9 Å². The third-order valence-electron chi connectivity index (χ3n) is 9.15. The summed E-state index contributed by atoms with van der Waals surface area (Å²) in [6.07, 6.45) is 4.38. The zero-order valence-electron chi connectivity index (χ0n) is 23.6. The van der Waals surface area contributed by atoms with Gasteiger partial charge in [-0.25, -0.2) is 9.59 Å². The first-order valence-electron chi connectivity index (χ1n) is 14.4. The van der Waals surface area contributed by atoms with Gasteiger partial charge in [-0.3, -0.25) is 30.2 Å². The maximum Gasteiger partial charge on any atom is 0.408 e. The molecular weight excluding hydrogens is 514 g/mol. The summed E-state index contributed by atoms with van der Waals surface area (Å²) in [7, 11) is 0. The van der Waals surface area contributed by atoms with Crippen LogP contribution < -0.4 is 10.9 Å². The third-order valence-corrected chi connectivity index (χ3v) is 9.15. The molecule has 5 amide bonds. The molecule has 0 spiro atoms. The van der Waals surface area contributed by atoms with E-state index in [1.807, 2.05) is 51.1 Å². The number of hydroxylamine groups is 2. The average Bonchev–Trinajstić information content (AvgIpc) is 3.71. The lowest BCUT2D eigenvalue weighted by atomic mass is 9.64. The Labute approximate surface area is 235 Å². The van der Waals surface area contributed by atoms with Crippen LogP contribution in [-0.4, -0.2) is 74.6 Å². The van der Waals surface area contributed by atoms with Gasteiger partial charge in [0.25, 0.3) is 11.8 Å². The Kier molecular flexibility index (Phi) is 7.69. The molecule has 5 rings (SSSR count). The zero-order valence-corrected chi connectivity index (χ0v) is 23.6. The third kappa shape index (κ3) is 5.35. The molecule has 3 heterocycles. The molecule has 4 fully saturated rings. The minimum Gasteiger partial charge on any atom is -0.465 e. The fourth-order valence-corrected chi connectivity index (χ4v) is 6.78. The lowest BCUT2D eigenvalue weighted by Gasteiger charge is -2.53. The molecule has 1 aromatic rings. The van der Waals surface area contributed by atoms with Crippen LogP contribution in [0.25, 0.3) is 0 Å². The van der Waals surface area contributed by atoms with Crippen molar-refractivity contribution in [2.45, 2.75) is 89.9 Å². The van der Waals surface area contributed by atoms with Gasteiger partial charge < -0.3 is 10.0 Å². The second kappa shape index (κ2) is 10.9. The number of urea groups is 1. The number of hydrogen-bond donors (Lipinski definition) is 3. The number of hydrazine groups is 1. The Bertz CT molecular complexity index is 1140. The summed E-state index contributed by atoms with van der Waals surface area (Å²) >= 11 is 0. The predicted octanol–water partition coefficient (Wildman–Crippen LogP) is 3.51. The minimum atomic E-state index is -1.34. The number of carbonyl (C=O) groups excluding carboxylic acids is 3. The van der Waals surface area contributed by atoms with Crippen molar-refractivity contribution in [3.8, 4) is 0 Å². The van der Waals surface area contributed by atoms with Crippen molar-refractivity contribution in [2.75, 3.05) is 13.1 Å². The Morgan fingerprint density at radius 2 is 1.75 bits per heavy atom. The van der Waals surface area contributed by atoms with E-state index < -0.39 is 34.9 Å². The van der Waals surface area contributed by atoms with Crippen molar-refractivity contribution < 1.29 is 29.1 Å². The van der Waals surface area contributed by atoms with Crippen molar-refractivity contribution in [3.63, 3.8) is 0 Å². The fourth-order valence-electron chi connectivity index (χ4n) is 6.78. The van der Waals surface area contributed by atoms with Crippen molar-refractivity contribution in [2.24, 2.45) is 17.3 Å². The van der Waals surface area contributed by atoms with Crippen molar-refractivity contribution in [1.82, 2.24) is 25.7 Å². The molecule has 11 nitrogen and oxygen atoms in total. The first-order valence-corrected chi connectivity index (χ1v) is 14.4. The van der Waals surface area contributed by atoms with Gasteiger partial charge in [-0.15, -0.1) is 0 Å². The zero-order chi connectivity index (χ0) is 28.7. The van der Waals surface area contributed by atoms with Crippen molar-refractivity contribution >= 4 is 23.9 Å². The summed E-state index contributed by atoms with van der Waals surface area (Å²) in [4.78, 5) is 61.2. The average molecular weight is 556 g/mol. The number of rotatable bonds is 7. The second-order valence-corrected chi connectivity index (χ2v) is 12.8. The number of amides is 5. The Morgan fingerprint density at radius 1 is 1.02 bits per heavy atom. The summed E-state index contributed by atoms with van der Waals surface area (Å²) in [6, 6.07) is 8.28. The molecule has 3 saturated heterocycles. The van der Waals surface area contributed by atoms with E-state index >= 15 is 0 Å². The summed E-state index contributed by atoms with van der Waals surface area (Å²) in [5, 5.41) is 11.4. The largest absolute Gasteiger partial charge is 0.465 e. The van der Waals surface area contributed by atoms with Crippen LogP contribution in [-0.2, 0) is 21.0 Å². The molecule has 4 atom stereocenters. The minimum absolute atomic E-state index is 0.145. The maximum absolute atomic E-state index is 13.9. The molecule has 0 radical (unpaired) electrons. The molecule has 0 unspecified atom stereocenters. The van der Waals surface area contributed by atoms with E-state index in [0.29, 0.717) is 31.7 Å². The number of likely N-dealkylation sites (tertiary alicyclic amines) is 1. The lowest BCUT2D eigenvalue weighted by molar-refractivity contribution is -0.149. The highest BCUT2D eigenvalue weighted by Gasteiger charge is 2.58. The number of carbonyl (C=O) groups is 4. The van der Waals surface area contributed by atoms with E-state index in [9.17, 15) is 24.3 Å². The number of benzene rings is 1. The highest BCUT2D eigenvalue weighted by atomic mass is 16.7. The molecule has 2 bridgehead atoms. The highest BCUT2D eigenvalue weighted by Crippen LogP contribution is 2.48.